The molecule has 1 aliphatic heterocycles. The maximum atomic E-state index is 13.1. The van der Waals surface area contributed by atoms with Gasteiger partial charge in [-0.3, -0.25) is 4.90 Å². The maximum Gasteiger partial charge on any atom is 0.140 e. The number of β-amino-alcohol motifs (C(OH)–C–C–N with tert-alkyl or cyclic N) is 1. The van der Waals surface area contributed by atoms with Gasteiger partial charge in [-0.05, 0) is 24.1 Å². The first-order chi connectivity index (χ1) is 7.69. The van der Waals surface area contributed by atoms with E-state index < -0.39 is 5.82 Å². The Morgan fingerprint density at radius 3 is 3.00 bits per heavy atom. The summed E-state index contributed by atoms with van der Waals surface area (Å²) in [5.41, 5.74) is 0.990. The average molecular weight is 220 g/mol. The highest BCUT2D eigenvalue weighted by Crippen LogP contribution is 2.15. The number of nitriles is 1. The van der Waals surface area contributed by atoms with E-state index in [2.05, 4.69) is 4.90 Å². The van der Waals surface area contributed by atoms with E-state index in [1.807, 2.05) is 6.07 Å². The van der Waals surface area contributed by atoms with E-state index in [-0.39, 0.29) is 11.7 Å². The van der Waals surface area contributed by atoms with E-state index in [1.54, 1.807) is 12.1 Å². The van der Waals surface area contributed by atoms with Gasteiger partial charge in [0.15, 0.2) is 0 Å². The summed E-state index contributed by atoms with van der Waals surface area (Å²) in [4.78, 5) is 2.10. The normalized spacial score (nSPS) is 20.9. The third kappa shape index (κ3) is 2.38. The molecule has 1 heterocycles. The third-order valence-electron chi connectivity index (χ3n) is 2.80. The zero-order chi connectivity index (χ0) is 11.5. The predicted octanol–water partition coefficient (Wildman–Crippen LogP) is 1.26. The zero-order valence-electron chi connectivity index (χ0n) is 8.86. The molecular formula is C12H13FN2O. The Balaban J connectivity index is 2.08. The Morgan fingerprint density at radius 1 is 1.56 bits per heavy atom. The minimum Gasteiger partial charge on any atom is -0.392 e. The summed E-state index contributed by atoms with van der Waals surface area (Å²) < 4.78 is 13.1. The van der Waals surface area contributed by atoms with Gasteiger partial charge >= 0.3 is 0 Å². The van der Waals surface area contributed by atoms with Gasteiger partial charge < -0.3 is 5.11 Å². The molecule has 1 N–H and O–H groups in total. The van der Waals surface area contributed by atoms with E-state index in [1.165, 1.54) is 6.07 Å². The minimum absolute atomic E-state index is 0.0808. The fraction of sp³-hybridized carbons (Fsp3) is 0.417. The molecule has 2 rings (SSSR count). The van der Waals surface area contributed by atoms with Gasteiger partial charge in [0.05, 0.1) is 11.7 Å². The van der Waals surface area contributed by atoms with Crippen molar-refractivity contribution in [3.63, 3.8) is 0 Å². The predicted molar refractivity (Wildman–Crippen MR) is 57.0 cm³/mol. The number of benzene rings is 1. The average Bonchev–Trinajstić information content (AvgIpc) is 2.67. The van der Waals surface area contributed by atoms with E-state index in [4.69, 9.17) is 5.26 Å². The van der Waals surface area contributed by atoms with Gasteiger partial charge in [-0.1, -0.05) is 6.07 Å². The number of likely N-dealkylation sites (tertiary alicyclic amines) is 1. The third-order valence-corrected chi connectivity index (χ3v) is 2.80. The van der Waals surface area contributed by atoms with Crippen molar-refractivity contribution in [2.45, 2.75) is 19.1 Å². The van der Waals surface area contributed by atoms with Crippen LogP contribution >= 0.6 is 0 Å². The molecule has 1 saturated heterocycles. The quantitative estimate of drug-likeness (QED) is 0.816. The lowest BCUT2D eigenvalue weighted by Gasteiger charge is -2.14. The molecule has 3 nitrogen and oxygen atoms in total. The smallest absolute Gasteiger partial charge is 0.140 e. The Labute approximate surface area is 93.7 Å². The van der Waals surface area contributed by atoms with Crippen molar-refractivity contribution in [1.29, 1.82) is 5.26 Å². The first kappa shape index (κ1) is 11.1. The molecule has 16 heavy (non-hydrogen) atoms. The molecule has 1 fully saturated rings. The molecule has 1 aliphatic rings. The monoisotopic (exact) mass is 220 g/mol. The van der Waals surface area contributed by atoms with Gasteiger partial charge in [0.1, 0.15) is 11.9 Å². The highest BCUT2D eigenvalue weighted by Gasteiger charge is 2.20. The summed E-state index contributed by atoms with van der Waals surface area (Å²) >= 11 is 0. The molecule has 0 saturated carbocycles. The second kappa shape index (κ2) is 4.60. The van der Waals surface area contributed by atoms with Crippen molar-refractivity contribution in [2.24, 2.45) is 0 Å². The van der Waals surface area contributed by atoms with Gasteiger partial charge in [0, 0.05) is 19.6 Å². The van der Waals surface area contributed by atoms with Gasteiger partial charge in [0.25, 0.3) is 0 Å². The number of nitrogens with zero attached hydrogens (tertiary/aromatic N) is 2. The fourth-order valence-electron chi connectivity index (χ4n) is 1.97. The van der Waals surface area contributed by atoms with Crippen molar-refractivity contribution in [2.75, 3.05) is 13.1 Å². The minimum atomic E-state index is -0.479. The van der Waals surface area contributed by atoms with E-state index >= 15 is 0 Å². The van der Waals surface area contributed by atoms with Crippen LogP contribution in [0.4, 0.5) is 4.39 Å². The Kier molecular flexibility index (Phi) is 3.18. The van der Waals surface area contributed by atoms with Crippen LogP contribution in [0.1, 0.15) is 17.5 Å². The topological polar surface area (TPSA) is 47.3 Å². The largest absolute Gasteiger partial charge is 0.392 e. The number of hydrogen-bond acceptors (Lipinski definition) is 3. The zero-order valence-corrected chi connectivity index (χ0v) is 8.86. The van der Waals surface area contributed by atoms with Crippen LogP contribution in [-0.2, 0) is 6.54 Å². The maximum absolute atomic E-state index is 13.1. The van der Waals surface area contributed by atoms with Gasteiger partial charge in [-0.15, -0.1) is 0 Å². The molecule has 0 bridgehead atoms. The van der Waals surface area contributed by atoms with E-state index in [9.17, 15) is 9.50 Å². The first-order valence-corrected chi connectivity index (χ1v) is 5.28. The summed E-state index contributed by atoms with van der Waals surface area (Å²) in [6.45, 7) is 2.16. The molecule has 1 aromatic rings. The molecule has 1 unspecified atom stereocenters. The van der Waals surface area contributed by atoms with Crippen LogP contribution in [-0.4, -0.2) is 29.2 Å². The number of aliphatic hydroxyl groups is 1. The van der Waals surface area contributed by atoms with Gasteiger partial charge in [-0.25, -0.2) is 4.39 Å². The van der Waals surface area contributed by atoms with Crippen LogP contribution in [0.2, 0.25) is 0 Å². The SMILES string of the molecule is N#Cc1cc(CN2CCC(O)C2)ccc1F. The van der Waals surface area contributed by atoms with Crippen LogP contribution in [0.25, 0.3) is 0 Å². The number of rotatable bonds is 2. The van der Waals surface area contributed by atoms with Gasteiger partial charge in [-0.2, -0.15) is 5.26 Å². The Hall–Kier alpha value is -1.44. The Bertz CT molecular complexity index is 428. The van der Waals surface area contributed by atoms with Crippen LogP contribution in [0.3, 0.4) is 0 Å². The molecular weight excluding hydrogens is 207 g/mol. The summed E-state index contributed by atoms with van der Waals surface area (Å²) in [5.74, 6) is -0.479. The molecule has 0 aromatic heterocycles. The van der Waals surface area contributed by atoms with Crippen LogP contribution in [0.15, 0.2) is 18.2 Å². The molecule has 1 aromatic carbocycles. The van der Waals surface area contributed by atoms with Crippen LogP contribution in [0, 0.1) is 17.1 Å². The molecule has 4 heteroatoms. The summed E-state index contributed by atoms with van der Waals surface area (Å²) in [5, 5.41) is 18.1. The molecule has 0 spiro atoms. The molecule has 84 valence electrons. The lowest BCUT2D eigenvalue weighted by molar-refractivity contribution is 0.175. The number of aliphatic hydroxyl groups excluding tert-OH is 1. The fourth-order valence-corrected chi connectivity index (χ4v) is 1.97. The lowest BCUT2D eigenvalue weighted by atomic mass is 10.1. The lowest BCUT2D eigenvalue weighted by Crippen LogP contribution is -2.21. The highest BCUT2D eigenvalue weighted by atomic mass is 19.1. The first-order valence-electron chi connectivity index (χ1n) is 5.28. The van der Waals surface area contributed by atoms with Crippen molar-refractivity contribution >= 4 is 0 Å². The highest BCUT2D eigenvalue weighted by molar-refractivity contribution is 5.34. The summed E-state index contributed by atoms with van der Waals surface area (Å²) in [6.07, 6.45) is 0.530. The van der Waals surface area contributed by atoms with Crippen LogP contribution in [0.5, 0.6) is 0 Å². The second-order valence-electron chi connectivity index (χ2n) is 4.10. The van der Waals surface area contributed by atoms with Crippen LogP contribution < -0.4 is 0 Å². The summed E-state index contributed by atoms with van der Waals surface area (Å²) in [7, 11) is 0. The number of halogens is 1. The molecule has 0 aliphatic carbocycles. The number of hydrogen-bond donors (Lipinski definition) is 1. The van der Waals surface area contributed by atoms with E-state index in [0.29, 0.717) is 13.1 Å². The molecule has 0 radical (unpaired) electrons. The van der Waals surface area contributed by atoms with Crippen molar-refractivity contribution in [1.82, 2.24) is 4.90 Å². The second-order valence-corrected chi connectivity index (χ2v) is 4.10. The van der Waals surface area contributed by atoms with E-state index in [0.717, 1.165) is 18.5 Å². The summed E-state index contributed by atoms with van der Waals surface area (Å²) in [6, 6.07) is 6.40. The molecule has 0 amide bonds. The molecule has 1 atom stereocenters. The van der Waals surface area contributed by atoms with Gasteiger partial charge in [0.2, 0.25) is 0 Å². The Morgan fingerprint density at radius 2 is 2.38 bits per heavy atom. The van der Waals surface area contributed by atoms with Crippen molar-refractivity contribution in [3.8, 4) is 6.07 Å². The van der Waals surface area contributed by atoms with Crippen molar-refractivity contribution < 1.29 is 9.50 Å². The van der Waals surface area contributed by atoms with Crippen molar-refractivity contribution in [3.05, 3.63) is 35.1 Å². The standard InChI is InChI=1S/C12H13FN2O/c13-12-2-1-9(5-10(12)6-14)7-15-4-3-11(16)8-15/h1-2,5,11,16H,3-4,7-8H2.